The van der Waals surface area contributed by atoms with E-state index in [0.717, 1.165) is 22.2 Å². The topological polar surface area (TPSA) is 73.0 Å². The second-order valence-electron chi connectivity index (χ2n) is 5.03. The number of aryl methyl sites for hydroxylation is 2. The molecule has 1 amide bonds. The summed E-state index contributed by atoms with van der Waals surface area (Å²) in [5.41, 5.74) is 2.54. The Hall–Kier alpha value is -2.41. The fourth-order valence-electron chi connectivity index (χ4n) is 2.34. The molecule has 0 bridgehead atoms. The Balaban J connectivity index is 1.83. The number of hydrogen-bond donors (Lipinski definition) is 1. The standard InChI is InChI=1S/C15H16N4O2S/c1-9-7-13(14(20)16-15-18-17-11(3)22-15)10(2)19(9)8-12-5-4-6-21-12/h4-7H,8H2,1-3H3,(H,16,18,20). The molecule has 22 heavy (non-hydrogen) atoms. The summed E-state index contributed by atoms with van der Waals surface area (Å²) in [4.78, 5) is 12.4. The van der Waals surface area contributed by atoms with Crippen LogP contribution in [0.25, 0.3) is 0 Å². The van der Waals surface area contributed by atoms with Gasteiger partial charge in [-0.3, -0.25) is 10.1 Å². The Morgan fingerprint density at radius 1 is 1.36 bits per heavy atom. The molecule has 7 heteroatoms. The van der Waals surface area contributed by atoms with E-state index in [0.29, 0.717) is 17.2 Å². The molecule has 0 spiro atoms. The van der Waals surface area contributed by atoms with E-state index in [4.69, 9.17) is 4.42 Å². The number of nitrogens with zero attached hydrogens (tertiary/aromatic N) is 3. The van der Waals surface area contributed by atoms with Crippen molar-refractivity contribution in [3.8, 4) is 0 Å². The van der Waals surface area contributed by atoms with Crippen molar-refractivity contribution in [1.29, 1.82) is 0 Å². The number of amides is 1. The Bertz CT molecular complexity index is 802. The van der Waals surface area contributed by atoms with Crippen molar-refractivity contribution in [2.45, 2.75) is 27.3 Å². The predicted octanol–water partition coefficient (Wildman–Crippen LogP) is 3.16. The molecule has 0 aliphatic rings. The lowest BCUT2D eigenvalue weighted by Crippen LogP contribution is -2.13. The Morgan fingerprint density at radius 3 is 2.82 bits per heavy atom. The molecular formula is C15H16N4O2S. The largest absolute Gasteiger partial charge is 0.467 e. The van der Waals surface area contributed by atoms with Crippen molar-refractivity contribution in [2.24, 2.45) is 0 Å². The van der Waals surface area contributed by atoms with Gasteiger partial charge in [0.1, 0.15) is 10.8 Å². The van der Waals surface area contributed by atoms with Gasteiger partial charge < -0.3 is 8.98 Å². The highest BCUT2D eigenvalue weighted by Crippen LogP contribution is 2.20. The molecule has 3 aromatic heterocycles. The van der Waals surface area contributed by atoms with Gasteiger partial charge in [0.05, 0.1) is 18.4 Å². The average molecular weight is 316 g/mol. The van der Waals surface area contributed by atoms with E-state index in [9.17, 15) is 4.79 Å². The van der Waals surface area contributed by atoms with Crippen LogP contribution in [0.4, 0.5) is 5.13 Å². The van der Waals surface area contributed by atoms with Crippen molar-refractivity contribution in [3.63, 3.8) is 0 Å². The van der Waals surface area contributed by atoms with Gasteiger partial charge in [-0.25, -0.2) is 0 Å². The maximum absolute atomic E-state index is 12.4. The summed E-state index contributed by atoms with van der Waals surface area (Å²) in [6, 6.07) is 5.65. The van der Waals surface area contributed by atoms with Crippen LogP contribution in [0, 0.1) is 20.8 Å². The average Bonchev–Trinajstić information content (AvgIpc) is 3.17. The number of carbonyl (C=O) groups excluding carboxylic acids is 1. The molecule has 0 aliphatic heterocycles. The summed E-state index contributed by atoms with van der Waals surface area (Å²) < 4.78 is 7.43. The molecule has 6 nitrogen and oxygen atoms in total. The molecule has 0 atom stereocenters. The minimum Gasteiger partial charge on any atom is -0.467 e. The van der Waals surface area contributed by atoms with E-state index < -0.39 is 0 Å². The fourth-order valence-corrected chi connectivity index (χ4v) is 2.93. The second-order valence-corrected chi connectivity index (χ2v) is 6.21. The van der Waals surface area contributed by atoms with Crippen molar-refractivity contribution < 1.29 is 9.21 Å². The van der Waals surface area contributed by atoms with Gasteiger partial charge in [0.15, 0.2) is 0 Å². The van der Waals surface area contributed by atoms with Crippen LogP contribution in [-0.2, 0) is 6.54 Å². The number of aromatic nitrogens is 3. The number of rotatable bonds is 4. The number of anilines is 1. The quantitative estimate of drug-likeness (QED) is 0.802. The smallest absolute Gasteiger partial charge is 0.259 e. The Morgan fingerprint density at radius 2 is 2.18 bits per heavy atom. The Labute approximate surface area is 131 Å². The van der Waals surface area contributed by atoms with Gasteiger partial charge in [0, 0.05) is 11.4 Å². The maximum Gasteiger partial charge on any atom is 0.259 e. The molecule has 3 rings (SSSR count). The zero-order valence-electron chi connectivity index (χ0n) is 12.6. The van der Waals surface area contributed by atoms with Gasteiger partial charge in [-0.2, -0.15) is 0 Å². The maximum atomic E-state index is 12.4. The number of carbonyl (C=O) groups is 1. The third-order valence-electron chi connectivity index (χ3n) is 3.46. The minimum atomic E-state index is -0.171. The monoisotopic (exact) mass is 316 g/mol. The lowest BCUT2D eigenvalue weighted by molar-refractivity contribution is 0.102. The SMILES string of the molecule is Cc1nnc(NC(=O)c2cc(C)n(Cc3ccco3)c2C)s1. The first-order valence-electron chi connectivity index (χ1n) is 6.85. The molecule has 0 radical (unpaired) electrons. The zero-order chi connectivity index (χ0) is 15.7. The van der Waals surface area contributed by atoms with Crippen LogP contribution < -0.4 is 5.32 Å². The van der Waals surface area contributed by atoms with E-state index in [1.807, 2.05) is 39.0 Å². The summed E-state index contributed by atoms with van der Waals surface area (Å²) in [5, 5.41) is 11.9. The van der Waals surface area contributed by atoms with Crippen LogP contribution in [0.15, 0.2) is 28.9 Å². The molecule has 3 aromatic rings. The molecule has 0 unspecified atom stereocenters. The minimum absolute atomic E-state index is 0.171. The number of furan rings is 1. The summed E-state index contributed by atoms with van der Waals surface area (Å²) >= 11 is 1.36. The van der Waals surface area contributed by atoms with Crippen LogP contribution in [0.3, 0.4) is 0 Å². The van der Waals surface area contributed by atoms with Gasteiger partial charge in [0.25, 0.3) is 5.91 Å². The van der Waals surface area contributed by atoms with E-state index in [2.05, 4.69) is 20.1 Å². The highest BCUT2D eigenvalue weighted by molar-refractivity contribution is 7.15. The summed E-state index contributed by atoms with van der Waals surface area (Å²) in [7, 11) is 0. The lowest BCUT2D eigenvalue weighted by atomic mass is 10.2. The van der Waals surface area contributed by atoms with Crippen molar-refractivity contribution in [3.05, 3.63) is 52.2 Å². The lowest BCUT2D eigenvalue weighted by Gasteiger charge is -2.07. The molecule has 114 valence electrons. The number of nitrogens with one attached hydrogen (secondary N) is 1. The molecular weight excluding hydrogens is 300 g/mol. The van der Waals surface area contributed by atoms with E-state index in [1.54, 1.807) is 6.26 Å². The molecule has 0 fully saturated rings. The van der Waals surface area contributed by atoms with Crippen LogP contribution >= 0.6 is 11.3 Å². The van der Waals surface area contributed by atoms with E-state index in [1.165, 1.54) is 11.3 Å². The molecule has 0 saturated heterocycles. The van der Waals surface area contributed by atoms with E-state index >= 15 is 0 Å². The first-order valence-corrected chi connectivity index (χ1v) is 7.67. The van der Waals surface area contributed by atoms with Crippen LogP contribution in [0.1, 0.15) is 32.5 Å². The fraction of sp³-hybridized carbons (Fsp3) is 0.267. The zero-order valence-corrected chi connectivity index (χ0v) is 13.4. The molecule has 1 N–H and O–H groups in total. The van der Waals surface area contributed by atoms with Crippen LogP contribution in [-0.4, -0.2) is 20.7 Å². The molecule has 3 heterocycles. The summed E-state index contributed by atoms with van der Waals surface area (Å²) in [6.07, 6.45) is 1.65. The van der Waals surface area contributed by atoms with Crippen molar-refractivity contribution in [1.82, 2.24) is 14.8 Å². The van der Waals surface area contributed by atoms with Crippen molar-refractivity contribution >= 4 is 22.4 Å². The van der Waals surface area contributed by atoms with Gasteiger partial charge in [-0.15, -0.1) is 10.2 Å². The van der Waals surface area contributed by atoms with Gasteiger partial charge in [0.2, 0.25) is 5.13 Å². The van der Waals surface area contributed by atoms with Gasteiger partial charge in [-0.05, 0) is 39.0 Å². The van der Waals surface area contributed by atoms with Crippen LogP contribution in [0.5, 0.6) is 0 Å². The normalized spacial score (nSPS) is 10.9. The molecule has 0 saturated carbocycles. The number of hydrogen-bond acceptors (Lipinski definition) is 5. The highest BCUT2D eigenvalue weighted by Gasteiger charge is 2.17. The first kappa shape index (κ1) is 14.5. The summed E-state index contributed by atoms with van der Waals surface area (Å²) in [5.74, 6) is 0.684. The molecule has 0 aliphatic carbocycles. The third kappa shape index (κ3) is 2.80. The third-order valence-corrected chi connectivity index (χ3v) is 4.21. The van der Waals surface area contributed by atoms with Gasteiger partial charge >= 0.3 is 0 Å². The van der Waals surface area contributed by atoms with Gasteiger partial charge in [-0.1, -0.05) is 11.3 Å². The predicted molar refractivity (Wildman–Crippen MR) is 84.3 cm³/mol. The summed E-state index contributed by atoms with van der Waals surface area (Å²) in [6.45, 7) is 6.36. The molecule has 0 aromatic carbocycles. The first-order chi connectivity index (χ1) is 10.5. The Kier molecular flexibility index (Phi) is 3.81. The highest BCUT2D eigenvalue weighted by atomic mass is 32.1. The van der Waals surface area contributed by atoms with Crippen LogP contribution in [0.2, 0.25) is 0 Å². The van der Waals surface area contributed by atoms with Crippen molar-refractivity contribution in [2.75, 3.05) is 5.32 Å². The van der Waals surface area contributed by atoms with E-state index in [-0.39, 0.29) is 5.91 Å². The second kappa shape index (κ2) is 5.76.